The number of rotatable bonds is 7. The molecule has 1 aliphatic rings. The number of hydrogen-bond donors (Lipinski definition) is 1. The number of hydrogen-bond acceptors (Lipinski definition) is 5. The lowest BCUT2D eigenvalue weighted by Gasteiger charge is -2.29. The van der Waals surface area contributed by atoms with E-state index in [1.165, 1.54) is 7.11 Å². The minimum absolute atomic E-state index is 0.159. The van der Waals surface area contributed by atoms with Crippen molar-refractivity contribution in [1.29, 1.82) is 0 Å². The van der Waals surface area contributed by atoms with Crippen LogP contribution in [-0.2, 0) is 21.2 Å². The first kappa shape index (κ1) is 22.0. The summed E-state index contributed by atoms with van der Waals surface area (Å²) in [6.07, 6.45) is 3.75. The van der Waals surface area contributed by atoms with Crippen molar-refractivity contribution >= 4 is 21.6 Å². The van der Waals surface area contributed by atoms with Gasteiger partial charge in [0.1, 0.15) is 18.0 Å². The van der Waals surface area contributed by atoms with Crippen LogP contribution in [0.5, 0.6) is 11.5 Å². The molecule has 1 unspecified atom stereocenters. The Bertz CT molecular complexity index is 1040. The third-order valence-electron chi connectivity index (χ3n) is 5.29. The molecular weight excluding hydrogens is 404 g/mol. The van der Waals surface area contributed by atoms with Crippen molar-refractivity contribution in [2.45, 2.75) is 32.2 Å². The van der Waals surface area contributed by atoms with E-state index in [0.717, 1.165) is 52.3 Å². The second-order valence-corrected chi connectivity index (χ2v) is 9.43. The zero-order chi connectivity index (χ0) is 21.9. The molecule has 0 radical (unpaired) electrons. The van der Waals surface area contributed by atoms with E-state index in [4.69, 9.17) is 9.47 Å². The Hall–Kier alpha value is -2.74. The van der Waals surface area contributed by atoms with Crippen molar-refractivity contribution in [3.8, 4) is 11.5 Å². The maximum atomic E-state index is 12.9. The molecule has 2 aromatic rings. The van der Waals surface area contributed by atoms with Gasteiger partial charge < -0.3 is 14.8 Å². The van der Waals surface area contributed by atoms with Gasteiger partial charge >= 0.3 is 0 Å². The Morgan fingerprint density at radius 2 is 1.93 bits per heavy atom. The van der Waals surface area contributed by atoms with E-state index < -0.39 is 10.0 Å². The van der Waals surface area contributed by atoms with Gasteiger partial charge in [-0.2, -0.15) is 0 Å². The van der Waals surface area contributed by atoms with Crippen LogP contribution >= 0.6 is 0 Å². The van der Waals surface area contributed by atoms with Gasteiger partial charge in [0.2, 0.25) is 15.9 Å². The Kier molecular flexibility index (Phi) is 6.55. The molecule has 0 bridgehead atoms. The predicted molar refractivity (Wildman–Crippen MR) is 117 cm³/mol. The number of fused-ring (bicyclic) bond motifs is 1. The predicted octanol–water partition coefficient (Wildman–Crippen LogP) is 2.97. The Labute approximate surface area is 178 Å². The van der Waals surface area contributed by atoms with Gasteiger partial charge in [-0.15, -0.1) is 0 Å². The van der Waals surface area contributed by atoms with Crippen LogP contribution in [0.4, 0.5) is 5.69 Å². The van der Waals surface area contributed by atoms with Crippen LogP contribution in [0.25, 0.3) is 0 Å². The van der Waals surface area contributed by atoms with Crippen LogP contribution in [0.3, 0.4) is 0 Å². The third kappa shape index (κ3) is 4.87. The number of ether oxygens (including phenoxy) is 2. The molecule has 162 valence electrons. The highest BCUT2D eigenvalue weighted by Crippen LogP contribution is 2.33. The monoisotopic (exact) mass is 432 g/mol. The number of carbonyl (C=O) groups is 1. The number of carbonyl (C=O) groups excluding carboxylic acids is 1. The fourth-order valence-electron chi connectivity index (χ4n) is 3.81. The molecule has 8 heteroatoms. The first-order valence-corrected chi connectivity index (χ1v) is 11.7. The summed E-state index contributed by atoms with van der Waals surface area (Å²) in [4.78, 5) is 12.9. The number of sulfonamides is 1. The van der Waals surface area contributed by atoms with Gasteiger partial charge in [0, 0.05) is 0 Å². The van der Waals surface area contributed by atoms with Crippen LogP contribution in [0, 0.1) is 6.92 Å². The van der Waals surface area contributed by atoms with E-state index in [-0.39, 0.29) is 18.5 Å². The van der Waals surface area contributed by atoms with Gasteiger partial charge in [0.25, 0.3) is 0 Å². The summed E-state index contributed by atoms with van der Waals surface area (Å²) in [5.41, 5.74) is 3.42. The van der Waals surface area contributed by atoms with E-state index in [9.17, 15) is 13.2 Å². The molecule has 1 aliphatic carbocycles. The average molecular weight is 433 g/mol. The number of nitrogens with one attached hydrogen (secondary N) is 1. The fourth-order valence-corrected chi connectivity index (χ4v) is 4.67. The zero-order valence-corrected chi connectivity index (χ0v) is 18.6. The third-order valence-corrected chi connectivity index (χ3v) is 6.42. The molecule has 0 heterocycles. The smallest absolute Gasteiger partial charge is 0.241 e. The molecule has 0 fully saturated rings. The largest absolute Gasteiger partial charge is 0.497 e. The highest BCUT2D eigenvalue weighted by molar-refractivity contribution is 7.92. The van der Waals surface area contributed by atoms with Gasteiger partial charge in [-0.1, -0.05) is 12.1 Å². The zero-order valence-electron chi connectivity index (χ0n) is 17.8. The summed E-state index contributed by atoms with van der Waals surface area (Å²) in [6.45, 7) is 1.54. The molecule has 7 nitrogen and oxygen atoms in total. The maximum Gasteiger partial charge on any atom is 0.241 e. The molecular formula is C22H28N2O5S. The van der Waals surface area contributed by atoms with Crippen molar-refractivity contribution < 1.29 is 22.7 Å². The number of methoxy groups -OCH3 is 2. The second kappa shape index (κ2) is 8.95. The molecule has 0 aromatic heterocycles. The highest BCUT2D eigenvalue weighted by atomic mass is 32.2. The highest BCUT2D eigenvalue weighted by Gasteiger charge is 2.27. The summed E-state index contributed by atoms with van der Waals surface area (Å²) in [5.74, 6) is 0.821. The van der Waals surface area contributed by atoms with E-state index in [2.05, 4.69) is 5.32 Å². The topological polar surface area (TPSA) is 84.9 Å². The molecule has 0 saturated heterocycles. The maximum absolute atomic E-state index is 12.9. The lowest BCUT2D eigenvalue weighted by Crippen LogP contribution is -2.42. The van der Waals surface area contributed by atoms with E-state index >= 15 is 0 Å². The Morgan fingerprint density at radius 3 is 2.60 bits per heavy atom. The van der Waals surface area contributed by atoms with Crippen molar-refractivity contribution in [1.82, 2.24) is 5.32 Å². The normalized spacial score (nSPS) is 15.8. The standard InChI is InChI=1S/C22H28N2O5S/c1-15-8-11-21(29-3)20(12-15)24(30(4,26)27)14-22(25)23-19-7-5-6-16-13-17(28-2)9-10-18(16)19/h8-13,19H,5-7,14H2,1-4H3,(H,23,25). The SMILES string of the molecule is COc1ccc2c(c1)CCCC2NC(=O)CN(c1cc(C)ccc1OC)S(C)(=O)=O. The number of benzene rings is 2. The van der Waals surface area contributed by atoms with Crippen LogP contribution in [0.15, 0.2) is 36.4 Å². The van der Waals surface area contributed by atoms with Gasteiger partial charge in [-0.25, -0.2) is 8.42 Å². The Morgan fingerprint density at radius 1 is 1.17 bits per heavy atom. The molecule has 1 atom stereocenters. The number of aryl methyl sites for hydroxylation is 2. The van der Waals surface area contributed by atoms with Gasteiger partial charge in [0.05, 0.1) is 32.2 Å². The molecule has 1 amide bonds. The Balaban J connectivity index is 1.83. The minimum Gasteiger partial charge on any atom is -0.497 e. The molecule has 0 spiro atoms. The summed E-state index contributed by atoms with van der Waals surface area (Å²) in [7, 11) is -0.594. The summed E-state index contributed by atoms with van der Waals surface area (Å²) < 4.78 is 36.7. The van der Waals surface area contributed by atoms with E-state index in [1.54, 1.807) is 19.2 Å². The average Bonchev–Trinajstić information content (AvgIpc) is 2.71. The molecule has 1 N–H and O–H groups in total. The minimum atomic E-state index is -3.70. The van der Waals surface area contributed by atoms with Crippen LogP contribution < -0.4 is 19.1 Å². The van der Waals surface area contributed by atoms with Crippen molar-refractivity contribution in [2.75, 3.05) is 31.3 Å². The first-order chi connectivity index (χ1) is 14.2. The van der Waals surface area contributed by atoms with Crippen LogP contribution in [0.1, 0.15) is 35.6 Å². The quantitative estimate of drug-likeness (QED) is 0.727. The van der Waals surface area contributed by atoms with Crippen LogP contribution in [-0.4, -0.2) is 41.3 Å². The number of amides is 1. The molecule has 3 rings (SSSR count). The summed E-state index contributed by atoms with van der Waals surface area (Å²) >= 11 is 0. The van der Waals surface area contributed by atoms with E-state index in [1.807, 2.05) is 31.2 Å². The van der Waals surface area contributed by atoms with Crippen molar-refractivity contribution in [3.05, 3.63) is 53.1 Å². The molecule has 2 aromatic carbocycles. The second-order valence-electron chi connectivity index (χ2n) is 7.52. The van der Waals surface area contributed by atoms with Crippen molar-refractivity contribution in [2.24, 2.45) is 0 Å². The van der Waals surface area contributed by atoms with Gasteiger partial charge in [-0.3, -0.25) is 9.10 Å². The first-order valence-electron chi connectivity index (χ1n) is 9.81. The summed E-state index contributed by atoms with van der Waals surface area (Å²) in [6, 6.07) is 10.9. The van der Waals surface area contributed by atoms with Crippen molar-refractivity contribution in [3.63, 3.8) is 0 Å². The fraction of sp³-hybridized carbons (Fsp3) is 0.409. The molecule has 30 heavy (non-hydrogen) atoms. The summed E-state index contributed by atoms with van der Waals surface area (Å²) in [5, 5.41) is 3.01. The number of nitrogens with zero attached hydrogens (tertiary/aromatic N) is 1. The molecule has 0 aliphatic heterocycles. The van der Waals surface area contributed by atoms with Gasteiger partial charge in [0.15, 0.2) is 0 Å². The van der Waals surface area contributed by atoms with Crippen LogP contribution in [0.2, 0.25) is 0 Å². The van der Waals surface area contributed by atoms with Gasteiger partial charge in [-0.05, 0) is 67.1 Å². The lowest BCUT2D eigenvalue weighted by atomic mass is 9.87. The lowest BCUT2D eigenvalue weighted by molar-refractivity contribution is -0.120. The van der Waals surface area contributed by atoms with E-state index in [0.29, 0.717) is 11.4 Å². The molecule has 0 saturated carbocycles. The number of anilines is 1.